The number of nitrogens with zero attached hydrogens (tertiary/aromatic N) is 1. The molecular formula is C16H12BrFN2O. The van der Waals surface area contributed by atoms with Crippen molar-refractivity contribution in [2.24, 2.45) is 0 Å². The number of aryl methyl sites for hydroxylation is 1. The fourth-order valence-electron chi connectivity index (χ4n) is 2.10. The maximum atomic E-state index is 13.3. The van der Waals surface area contributed by atoms with Crippen LogP contribution >= 0.6 is 15.9 Å². The highest BCUT2D eigenvalue weighted by molar-refractivity contribution is 9.10. The van der Waals surface area contributed by atoms with Gasteiger partial charge in [-0.1, -0.05) is 0 Å². The molecule has 0 aliphatic carbocycles. The molecule has 0 radical (unpaired) electrons. The van der Waals surface area contributed by atoms with Gasteiger partial charge in [0.05, 0.1) is 4.47 Å². The minimum atomic E-state index is -0.329. The number of aromatic nitrogens is 1. The van der Waals surface area contributed by atoms with Crippen LogP contribution in [-0.2, 0) is 0 Å². The van der Waals surface area contributed by atoms with E-state index in [0.717, 1.165) is 16.5 Å². The van der Waals surface area contributed by atoms with Gasteiger partial charge in [-0.2, -0.15) is 0 Å². The standard InChI is InChI=1S/C16H12BrFN2O/c1-9-6-11-12(8-20-9)15(19)4-5-16(11)21-10-2-3-14(18)13(17)7-10/h2-8H,19H2,1H3. The van der Waals surface area contributed by atoms with Crippen molar-refractivity contribution in [2.75, 3.05) is 5.73 Å². The molecule has 0 aliphatic heterocycles. The number of nitrogens with two attached hydrogens (primary N) is 1. The SMILES string of the molecule is Cc1cc2c(Oc3ccc(F)c(Br)c3)ccc(N)c2cn1. The molecular weight excluding hydrogens is 335 g/mol. The zero-order chi connectivity index (χ0) is 15.0. The fourth-order valence-corrected chi connectivity index (χ4v) is 2.45. The van der Waals surface area contributed by atoms with Crippen LogP contribution in [0.25, 0.3) is 10.8 Å². The normalized spacial score (nSPS) is 10.8. The van der Waals surface area contributed by atoms with Crippen molar-refractivity contribution < 1.29 is 9.13 Å². The van der Waals surface area contributed by atoms with Gasteiger partial charge < -0.3 is 10.5 Å². The second-order valence-corrected chi connectivity index (χ2v) is 5.56. The summed E-state index contributed by atoms with van der Waals surface area (Å²) in [4.78, 5) is 4.25. The van der Waals surface area contributed by atoms with E-state index >= 15 is 0 Å². The van der Waals surface area contributed by atoms with E-state index in [1.54, 1.807) is 30.5 Å². The number of halogens is 2. The number of fused-ring (bicyclic) bond motifs is 1. The largest absolute Gasteiger partial charge is 0.457 e. The van der Waals surface area contributed by atoms with Crippen molar-refractivity contribution in [3.05, 3.63) is 58.6 Å². The molecule has 3 aromatic rings. The maximum absolute atomic E-state index is 13.3. The van der Waals surface area contributed by atoms with Gasteiger partial charge in [0, 0.05) is 28.4 Å². The number of anilines is 1. The van der Waals surface area contributed by atoms with Crippen LogP contribution in [0.4, 0.5) is 10.1 Å². The molecule has 106 valence electrons. The molecule has 21 heavy (non-hydrogen) atoms. The Morgan fingerprint density at radius 1 is 1.14 bits per heavy atom. The first-order chi connectivity index (χ1) is 10.0. The summed E-state index contributed by atoms with van der Waals surface area (Å²) in [7, 11) is 0. The zero-order valence-electron chi connectivity index (χ0n) is 11.2. The van der Waals surface area contributed by atoms with E-state index in [0.29, 0.717) is 21.7 Å². The topological polar surface area (TPSA) is 48.1 Å². The van der Waals surface area contributed by atoms with Crippen LogP contribution in [0.15, 0.2) is 47.1 Å². The Balaban J connectivity index is 2.10. The summed E-state index contributed by atoms with van der Waals surface area (Å²) < 4.78 is 19.5. The van der Waals surface area contributed by atoms with Crippen molar-refractivity contribution >= 4 is 32.4 Å². The fraction of sp³-hybridized carbons (Fsp3) is 0.0625. The number of benzene rings is 2. The van der Waals surface area contributed by atoms with Crippen LogP contribution in [0.3, 0.4) is 0 Å². The van der Waals surface area contributed by atoms with Crippen molar-refractivity contribution in [2.45, 2.75) is 6.92 Å². The van der Waals surface area contributed by atoms with Crippen LogP contribution < -0.4 is 10.5 Å². The van der Waals surface area contributed by atoms with Crippen LogP contribution in [-0.4, -0.2) is 4.98 Å². The molecule has 0 spiro atoms. The Bertz CT molecular complexity index is 836. The van der Waals surface area contributed by atoms with Crippen LogP contribution in [0.1, 0.15) is 5.69 Å². The summed E-state index contributed by atoms with van der Waals surface area (Å²) in [5.41, 5.74) is 7.48. The Kier molecular flexibility index (Phi) is 3.51. The first-order valence-electron chi connectivity index (χ1n) is 6.32. The molecule has 0 unspecified atom stereocenters. The molecule has 0 saturated heterocycles. The minimum absolute atomic E-state index is 0.329. The van der Waals surface area contributed by atoms with Gasteiger partial charge in [-0.15, -0.1) is 0 Å². The molecule has 0 bridgehead atoms. The molecule has 0 aliphatic rings. The number of rotatable bonds is 2. The summed E-state index contributed by atoms with van der Waals surface area (Å²) in [5, 5.41) is 1.71. The molecule has 2 aromatic carbocycles. The number of nitrogen functional groups attached to an aromatic ring is 1. The van der Waals surface area contributed by atoms with Crippen molar-refractivity contribution in [3.8, 4) is 11.5 Å². The number of hydrogen-bond donors (Lipinski definition) is 1. The van der Waals surface area contributed by atoms with E-state index in [2.05, 4.69) is 20.9 Å². The molecule has 1 aromatic heterocycles. The second-order valence-electron chi connectivity index (χ2n) is 4.70. The van der Waals surface area contributed by atoms with E-state index in [1.807, 2.05) is 13.0 Å². The summed E-state index contributed by atoms with van der Waals surface area (Å²) in [6.07, 6.45) is 1.73. The number of hydrogen-bond acceptors (Lipinski definition) is 3. The van der Waals surface area contributed by atoms with E-state index < -0.39 is 0 Å². The minimum Gasteiger partial charge on any atom is -0.457 e. The highest BCUT2D eigenvalue weighted by Gasteiger charge is 2.08. The highest BCUT2D eigenvalue weighted by Crippen LogP contribution is 2.34. The predicted molar refractivity (Wildman–Crippen MR) is 85.1 cm³/mol. The Morgan fingerprint density at radius 3 is 2.71 bits per heavy atom. The van der Waals surface area contributed by atoms with E-state index in [9.17, 15) is 4.39 Å². The highest BCUT2D eigenvalue weighted by atomic mass is 79.9. The van der Waals surface area contributed by atoms with Crippen LogP contribution in [0.5, 0.6) is 11.5 Å². The zero-order valence-corrected chi connectivity index (χ0v) is 12.8. The molecule has 5 heteroatoms. The molecule has 3 rings (SSSR count). The first-order valence-corrected chi connectivity index (χ1v) is 7.11. The van der Waals surface area contributed by atoms with Gasteiger partial charge in [-0.3, -0.25) is 4.98 Å². The third-order valence-corrected chi connectivity index (χ3v) is 3.76. The van der Waals surface area contributed by atoms with Gasteiger partial charge in [0.1, 0.15) is 17.3 Å². The van der Waals surface area contributed by atoms with E-state index in [-0.39, 0.29) is 5.82 Å². The summed E-state index contributed by atoms with van der Waals surface area (Å²) in [6.45, 7) is 1.90. The first kappa shape index (κ1) is 13.8. The lowest BCUT2D eigenvalue weighted by Gasteiger charge is -2.11. The molecule has 0 amide bonds. The Hall–Kier alpha value is -2.14. The summed E-state index contributed by atoms with van der Waals surface area (Å²) >= 11 is 3.15. The summed E-state index contributed by atoms with van der Waals surface area (Å²) in [5.74, 6) is 0.872. The monoisotopic (exact) mass is 346 g/mol. The van der Waals surface area contributed by atoms with Gasteiger partial charge in [0.15, 0.2) is 0 Å². The third kappa shape index (κ3) is 2.69. The molecule has 3 nitrogen and oxygen atoms in total. The van der Waals surface area contributed by atoms with E-state index in [4.69, 9.17) is 10.5 Å². The lowest BCUT2D eigenvalue weighted by Crippen LogP contribution is -1.93. The average molecular weight is 347 g/mol. The lowest BCUT2D eigenvalue weighted by molar-refractivity contribution is 0.485. The Labute approximate surface area is 129 Å². The van der Waals surface area contributed by atoms with E-state index in [1.165, 1.54) is 6.07 Å². The maximum Gasteiger partial charge on any atom is 0.137 e. The molecule has 0 fully saturated rings. The van der Waals surface area contributed by atoms with Gasteiger partial charge >= 0.3 is 0 Å². The van der Waals surface area contributed by atoms with Gasteiger partial charge in [0.2, 0.25) is 0 Å². The predicted octanol–water partition coefficient (Wildman–Crippen LogP) is 4.82. The molecule has 0 saturated carbocycles. The summed E-state index contributed by atoms with van der Waals surface area (Å²) in [6, 6.07) is 10.0. The lowest BCUT2D eigenvalue weighted by atomic mass is 10.1. The van der Waals surface area contributed by atoms with Gasteiger partial charge in [0.25, 0.3) is 0 Å². The number of pyridine rings is 1. The van der Waals surface area contributed by atoms with Crippen molar-refractivity contribution in [1.29, 1.82) is 0 Å². The molecule has 0 atom stereocenters. The van der Waals surface area contributed by atoms with Crippen molar-refractivity contribution in [1.82, 2.24) is 4.98 Å². The van der Waals surface area contributed by atoms with Gasteiger partial charge in [-0.25, -0.2) is 4.39 Å². The smallest absolute Gasteiger partial charge is 0.137 e. The molecule has 1 heterocycles. The van der Waals surface area contributed by atoms with Crippen molar-refractivity contribution in [3.63, 3.8) is 0 Å². The van der Waals surface area contributed by atoms with Crippen LogP contribution in [0.2, 0.25) is 0 Å². The number of ether oxygens (including phenoxy) is 1. The van der Waals surface area contributed by atoms with Crippen LogP contribution in [0, 0.1) is 12.7 Å². The second kappa shape index (κ2) is 5.33. The van der Waals surface area contributed by atoms with Gasteiger partial charge in [-0.05, 0) is 59.3 Å². The Morgan fingerprint density at radius 2 is 1.95 bits per heavy atom. The molecule has 2 N–H and O–H groups in total. The third-order valence-electron chi connectivity index (χ3n) is 3.15. The quantitative estimate of drug-likeness (QED) is 0.676. The average Bonchev–Trinajstić information content (AvgIpc) is 2.46.